The molecule has 0 saturated carbocycles. The minimum Gasteiger partial charge on any atom is -0.320 e. The summed E-state index contributed by atoms with van der Waals surface area (Å²) in [6.45, 7) is 2.92. The number of anilines is 1. The van der Waals surface area contributed by atoms with E-state index < -0.39 is 0 Å². The molecule has 1 aliphatic rings. The maximum Gasteiger partial charge on any atom is 0.243 e. The molecule has 1 heterocycles. The van der Waals surface area contributed by atoms with Crippen molar-refractivity contribution in [2.24, 2.45) is 5.73 Å². The van der Waals surface area contributed by atoms with Crippen LogP contribution in [0.4, 0.5) is 5.69 Å². The van der Waals surface area contributed by atoms with Crippen LogP contribution in [0, 0.1) is 0 Å². The van der Waals surface area contributed by atoms with Crippen molar-refractivity contribution < 1.29 is 4.79 Å². The number of carbonyl (C=O) groups excluding carboxylic acids is 1. The van der Waals surface area contributed by atoms with E-state index in [1.165, 1.54) is 5.56 Å². The van der Waals surface area contributed by atoms with Crippen LogP contribution >= 0.6 is 0 Å². The van der Waals surface area contributed by atoms with Gasteiger partial charge in [0.2, 0.25) is 5.91 Å². The standard InChI is InChI=1S/C15H22N2O/c1-2-3-9-13(16)15(18)17-11-6-8-12-7-4-5-10-14(12)17/h4-5,7,10,13H,2-3,6,8-9,11,16H2,1H3. The molecule has 0 aliphatic carbocycles. The molecule has 0 saturated heterocycles. The van der Waals surface area contributed by atoms with Crippen LogP contribution in [0.25, 0.3) is 0 Å². The van der Waals surface area contributed by atoms with Gasteiger partial charge in [0.15, 0.2) is 0 Å². The summed E-state index contributed by atoms with van der Waals surface area (Å²) >= 11 is 0. The van der Waals surface area contributed by atoms with Gasteiger partial charge in [0.1, 0.15) is 0 Å². The quantitative estimate of drug-likeness (QED) is 0.887. The second-order valence-corrected chi connectivity index (χ2v) is 4.97. The average Bonchev–Trinajstić information content (AvgIpc) is 2.43. The van der Waals surface area contributed by atoms with Crippen LogP contribution in [-0.2, 0) is 11.2 Å². The number of rotatable bonds is 4. The zero-order valence-electron chi connectivity index (χ0n) is 11.1. The summed E-state index contributed by atoms with van der Waals surface area (Å²) in [6.07, 6.45) is 4.97. The van der Waals surface area contributed by atoms with E-state index in [4.69, 9.17) is 5.73 Å². The lowest BCUT2D eigenvalue weighted by molar-refractivity contribution is -0.120. The highest BCUT2D eigenvalue weighted by molar-refractivity contribution is 5.98. The fourth-order valence-electron chi connectivity index (χ4n) is 2.51. The van der Waals surface area contributed by atoms with E-state index in [-0.39, 0.29) is 11.9 Å². The molecule has 0 radical (unpaired) electrons. The molecule has 3 heteroatoms. The van der Waals surface area contributed by atoms with Gasteiger partial charge in [-0.25, -0.2) is 0 Å². The maximum atomic E-state index is 12.4. The molecule has 0 bridgehead atoms. The number of nitrogens with two attached hydrogens (primary N) is 1. The molecule has 0 aromatic heterocycles. The lowest BCUT2D eigenvalue weighted by Gasteiger charge is -2.31. The summed E-state index contributed by atoms with van der Waals surface area (Å²) in [5, 5.41) is 0. The Bertz CT molecular complexity index is 417. The molecule has 0 fully saturated rings. The van der Waals surface area contributed by atoms with Gasteiger partial charge >= 0.3 is 0 Å². The van der Waals surface area contributed by atoms with Crippen molar-refractivity contribution in [3.05, 3.63) is 29.8 Å². The lowest BCUT2D eigenvalue weighted by Crippen LogP contribution is -2.46. The zero-order chi connectivity index (χ0) is 13.0. The number of unbranched alkanes of at least 4 members (excludes halogenated alkanes) is 1. The topological polar surface area (TPSA) is 46.3 Å². The summed E-state index contributed by atoms with van der Waals surface area (Å²) in [7, 11) is 0. The van der Waals surface area contributed by atoms with Gasteiger partial charge in [0.25, 0.3) is 0 Å². The highest BCUT2D eigenvalue weighted by atomic mass is 16.2. The van der Waals surface area contributed by atoms with Crippen molar-refractivity contribution >= 4 is 11.6 Å². The van der Waals surface area contributed by atoms with E-state index in [1.807, 2.05) is 23.1 Å². The Balaban J connectivity index is 2.12. The van der Waals surface area contributed by atoms with Crippen LogP contribution in [0.15, 0.2) is 24.3 Å². The number of hydrogen-bond acceptors (Lipinski definition) is 2. The molecular formula is C15H22N2O. The van der Waals surface area contributed by atoms with Crippen molar-refractivity contribution in [2.75, 3.05) is 11.4 Å². The van der Waals surface area contributed by atoms with Gasteiger partial charge < -0.3 is 10.6 Å². The van der Waals surface area contributed by atoms with Crippen LogP contribution < -0.4 is 10.6 Å². The largest absolute Gasteiger partial charge is 0.320 e. The first kappa shape index (κ1) is 13.1. The summed E-state index contributed by atoms with van der Waals surface area (Å²) in [5.74, 6) is 0.0793. The fourth-order valence-corrected chi connectivity index (χ4v) is 2.51. The van der Waals surface area contributed by atoms with Gasteiger partial charge in [-0.1, -0.05) is 38.0 Å². The van der Waals surface area contributed by atoms with Crippen LogP contribution in [-0.4, -0.2) is 18.5 Å². The number of hydrogen-bond donors (Lipinski definition) is 1. The predicted octanol–water partition coefficient (Wildman–Crippen LogP) is 2.48. The van der Waals surface area contributed by atoms with Crippen molar-refractivity contribution in [3.63, 3.8) is 0 Å². The van der Waals surface area contributed by atoms with E-state index in [9.17, 15) is 4.79 Å². The first-order valence-electron chi connectivity index (χ1n) is 6.89. The molecule has 18 heavy (non-hydrogen) atoms. The number of fused-ring (bicyclic) bond motifs is 1. The predicted molar refractivity (Wildman–Crippen MR) is 74.6 cm³/mol. The molecule has 1 amide bonds. The minimum absolute atomic E-state index is 0.0793. The number of amides is 1. The molecule has 1 atom stereocenters. The smallest absolute Gasteiger partial charge is 0.243 e. The van der Waals surface area contributed by atoms with Gasteiger partial charge in [-0.3, -0.25) is 4.79 Å². The van der Waals surface area contributed by atoms with Crippen LogP contribution in [0.3, 0.4) is 0 Å². The molecule has 1 aromatic rings. The monoisotopic (exact) mass is 246 g/mol. The summed E-state index contributed by atoms with van der Waals surface area (Å²) < 4.78 is 0. The Hall–Kier alpha value is -1.35. The van der Waals surface area contributed by atoms with Gasteiger partial charge in [0.05, 0.1) is 6.04 Å². The summed E-state index contributed by atoms with van der Waals surface area (Å²) in [4.78, 5) is 14.2. The molecule has 98 valence electrons. The Morgan fingerprint density at radius 1 is 1.44 bits per heavy atom. The highest BCUT2D eigenvalue weighted by Gasteiger charge is 2.25. The second kappa shape index (κ2) is 6.01. The SMILES string of the molecule is CCCCC(N)C(=O)N1CCCc2ccccc21. The average molecular weight is 246 g/mol. The second-order valence-electron chi connectivity index (χ2n) is 4.97. The van der Waals surface area contributed by atoms with E-state index in [0.717, 1.165) is 44.3 Å². The third kappa shape index (κ3) is 2.72. The van der Waals surface area contributed by atoms with Gasteiger partial charge in [-0.2, -0.15) is 0 Å². The van der Waals surface area contributed by atoms with Gasteiger partial charge in [-0.05, 0) is 30.9 Å². The van der Waals surface area contributed by atoms with E-state index in [0.29, 0.717) is 0 Å². The maximum absolute atomic E-state index is 12.4. The van der Waals surface area contributed by atoms with Gasteiger partial charge in [0, 0.05) is 12.2 Å². The number of carbonyl (C=O) groups is 1. The lowest BCUT2D eigenvalue weighted by atomic mass is 10.00. The normalized spacial score (nSPS) is 16.2. The van der Waals surface area contributed by atoms with Crippen molar-refractivity contribution in [2.45, 2.75) is 45.1 Å². The molecule has 2 N–H and O–H groups in total. The minimum atomic E-state index is -0.351. The molecular weight excluding hydrogens is 224 g/mol. The van der Waals surface area contributed by atoms with Crippen LogP contribution in [0.5, 0.6) is 0 Å². The number of benzene rings is 1. The zero-order valence-corrected chi connectivity index (χ0v) is 11.1. The number of para-hydroxylation sites is 1. The molecule has 1 aliphatic heterocycles. The number of aryl methyl sites for hydroxylation is 1. The summed E-state index contributed by atoms with van der Waals surface area (Å²) in [5.41, 5.74) is 8.32. The molecule has 1 unspecified atom stereocenters. The molecule has 2 rings (SSSR count). The fraction of sp³-hybridized carbons (Fsp3) is 0.533. The van der Waals surface area contributed by atoms with E-state index >= 15 is 0 Å². The Morgan fingerprint density at radius 2 is 2.22 bits per heavy atom. The number of nitrogens with zero attached hydrogens (tertiary/aromatic N) is 1. The highest BCUT2D eigenvalue weighted by Crippen LogP contribution is 2.27. The first-order chi connectivity index (χ1) is 8.74. The molecule has 3 nitrogen and oxygen atoms in total. The van der Waals surface area contributed by atoms with Crippen LogP contribution in [0.2, 0.25) is 0 Å². The Kier molecular flexibility index (Phi) is 4.37. The summed E-state index contributed by atoms with van der Waals surface area (Å²) in [6, 6.07) is 7.80. The Labute approximate surface area is 109 Å². The molecule has 1 aromatic carbocycles. The van der Waals surface area contributed by atoms with E-state index in [2.05, 4.69) is 13.0 Å². The van der Waals surface area contributed by atoms with Crippen molar-refractivity contribution in [1.82, 2.24) is 0 Å². The first-order valence-corrected chi connectivity index (χ1v) is 6.89. The molecule has 0 spiro atoms. The van der Waals surface area contributed by atoms with E-state index in [1.54, 1.807) is 0 Å². The van der Waals surface area contributed by atoms with Crippen LogP contribution in [0.1, 0.15) is 38.2 Å². The third-order valence-electron chi connectivity index (χ3n) is 3.56. The third-order valence-corrected chi connectivity index (χ3v) is 3.56. The van der Waals surface area contributed by atoms with Crippen molar-refractivity contribution in [3.8, 4) is 0 Å². The Morgan fingerprint density at radius 3 is 3.00 bits per heavy atom. The van der Waals surface area contributed by atoms with Gasteiger partial charge in [-0.15, -0.1) is 0 Å². The van der Waals surface area contributed by atoms with Crippen molar-refractivity contribution in [1.29, 1.82) is 0 Å².